The van der Waals surface area contributed by atoms with Crippen molar-refractivity contribution in [3.63, 3.8) is 0 Å². The summed E-state index contributed by atoms with van der Waals surface area (Å²) in [7, 11) is -3.57. The van der Waals surface area contributed by atoms with Crippen LogP contribution in [0, 0.1) is 0 Å². The van der Waals surface area contributed by atoms with Crippen molar-refractivity contribution in [2.45, 2.75) is 37.6 Å². The number of ether oxygens (including phenoxy) is 1. The Hall–Kier alpha value is -0.720. The Morgan fingerprint density at radius 1 is 1.50 bits per heavy atom. The number of rotatable bonds is 2. The molecule has 1 fully saturated rings. The molecule has 1 saturated heterocycles. The fourth-order valence-electron chi connectivity index (χ4n) is 2.15. The van der Waals surface area contributed by atoms with Crippen LogP contribution in [0.25, 0.3) is 0 Å². The summed E-state index contributed by atoms with van der Waals surface area (Å²) >= 11 is 0. The topological polar surface area (TPSA) is 69.7 Å². The quantitative estimate of drug-likeness (QED) is 0.521. The van der Waals surface area contributed by atoms with E-state index < -0.39 is 27.4 Å². The summed E-state index contributed by atoms with van der Waals surface area (Å²) in [6.45, 7) is 3.36. The summed E-state index contributed by atoms with van der Waals surface area (Å²) in [6, 6.07) is 0. The maximum absolute atomic E-state index is 11.7. The lowest BCUT2D eigenvalue weighted by molar-refractivity contribution is -0.136. The number of fused-ring (bicyclic) bond motifs is 2. The van der Waals surface area contributed by atoms with Gasteiger partial charge in [-0.1, -0.05) is 6.08 Å². The molecular formula is C10H14O5S. The molecule has 0 spiro atoms. The molecule has 16 heavy (non-hydrogen) atoms. The van der Waals surface area contributed by atoms with Crippen LogP contribution in [0.1, 0.15) is 20.3 Å². The lowest BCUT2D eigenvalue weighted by Crippen LogP contribution is -2.45. The number of hydrogen-bond donors (Lipinski definition) is 0. The van der Waals surface area contributed by atoms with Gasteiger partial charge in [-0.2, -0.15) is 8.42 Å². The average Bonchev–Trinajstić information content (AvgIpc) is 2.26. The van der Waals surface area contributed by atoms with Crippen LogP contribution in [0.5, 0.6) is 0 Å². The largest absolute Gasteiger partial charge is 0.354 e. The molecule has 0 aromatic heterocycles. The second kappa shape index (κ2) is 3.15. The van der Waals surface area contributed by atoms with Gasteiger partial charge in [-0.05, 0) is 19.9 Å². The minimum absolute atomic E-state index is 0.0501. The highest BCUT2D eigenvalue weighted by molar-refractivity contribution is 7.86. The molecule has 2 heterocycles. The van der Waals surface area contributed by atoms with Crippen molar-refractivity contribution in [3.05, 3.63) is 12.2 Å². The molecule has 5 nitrogen and oxygen atoms in total. The standard InChI is InChI=1S/C10H14O5S/c1-9-5-4-8(14-16(3,12)13)10(2,15-9)6-7(9)11/h4-5,8H,6H2,1-3H3/t8-,9-,10-/m0/s1. The number of Topliss-reactive ketones (excluding diaryl/α,β-unsaturated/α-hetero) is 1. The lowest BCUT2D eigenvalue weighted by Gasteiger charge is -2.35. The molecule has 3 atom stereocenters. The third-order valence-corrected chi connectivity index (χ3v) is 3.54. The molecule has 2 aliphatic rings. The Balaban J connectivity index is 2.33. The summed E-state index contributed by atoms with van der Waals surface area (Å²) in [5.74, 6) is -0.0501. The molecule has 0 unspecified atom stereocenters. The van der Waals surface area contributed by atoms with Gasteiger partial charge in [0.1, 0.15) is 17.3 Å². The number of hydrogen-bond acceptors (Lipinski definition) is 5. The van der Waals surface area contributed by atoms with Crippen molar-refractivity contribution in [3.8, 4) is 0 Å². The van der Waals surface area contributed by atoms with Crippen LogP contribution < -0.4 is 0 Å². The zero-order chi connectivity index (χ0) is 12.2. The van der Waals surface area contributed by atoms with E-state index in [2.05, 4.69) is 0 Å². The maximum atomic E-state index is 11.7. The zero-order valence-electron chi connectivity index (χ0n) is 9.39. The van der Waals surface area contributed by atoms with E-state index in [9.17, 15) is 13.2 Å². The molecule has 6 heteroatoms. The first-order valence-corrected chi connectivity index (χ1v) is 6.77. The van der Waals surface area contributed by atoms with Gasteiger partial charge in [-0.3, -0.25) is 8.98 Å². The molecular weight excluding hydrogens is 232 g/mol. The van der Waals surface area contributed by atoms with Crippen LogP contribution in [0.15, 0.2) is 12.2 Å². The molecule has 2 bridgehead atoms. The van der Waals surface area contributed by atoms with Gasteiger partial charge in [0, 0.05) is 6.42 Å². The van der Waals surface area contributed by atoms with Crippen molar-refractivity contribution in [1.82, 2.24) is 0 Å². The molecule has 2 rings (SSSR count). The second-order valence-electron chi connectivity index (χ2n) is 4.70. The molecule has 90 valence electrons. The Morgan fingerprint density at radius 3 is 2.69 bits per heavy atom. The minimum Gasteiger partial charge on any atom is -0.354 e. The summed E-state index contributed by atoms with van der Waals surface area (Å²) in [6.07, 6.45) is 3.57. The molecule has 0 aliphatic carbocycles. The number of ketones is 1. The first-order chi connectivity index (χ1) is 7.15. The molecule has 0 amide bonds. The first-order valence-electron chi connectivity index (χ1n) is 4.96. The fraction of sp³-hybridized carbons (Fsp3) is 0.700. The Bertz CT molecular complexity index is 466. The van der Waals surface area contributed by atoms with Crippen LogP contribution in [0.3, 0.4) is 0 Å². The molecule has 0 radical (unpaired) electrons. The molecule has 0 aromatic carbocycles. The molecule has 2 aliphatic heterocycles. The van der Waals surface area contributed by atoms with Crippen molar-refractivity contribution in [2.75, 3.05) is 6.26 Å². The van der Waals surface area contributed by atoms with Crippen LogP contribution >= 0.6 is 0 Å². The van der Waals surface area contributed by atoms with Crippen molar-refractivity contribution >= 4 is 15.9 Å². The van der Waals surface area contributed by atoms with Gasteiger partial charge < -0.3 is 4.74 Å². The van der Waals surface area contributed by atoms with Gasteiger partial charge in [0.15, 0.2) is 5.78 Å². The Labute approximate surface area is 94.5 Å². The number of carbonyl (C=O) groups excluding carboxylic acids is 1. The average molecular weight is 246 g/mol. The smallest absolute Gasteiger partial charge is 0.265 e. The Kier molecular flexibility index (Phi) is 2.31. The lowest BCUT2D eigenvalue weighted by atomic mass is 9.96. The monoisotopic (exact) mass is 246 g/mol. The third kappa shape index (κ3) is 1.81. The van der Waals surface area contributed by atoms with E-state index in [1.807, 2.05) is 0 Å². The highest BCUT2D eigenvalue weighted by Gasteiger charge is 2.56. The minimum atomic E-state index is -3.57. The highest BCUT2D eigenvalue weighted by Crippen LogP contribution is 2.43. The summed E-state index contributed by atoms with van der Waals surface area (Å²) < 4.78 is 32.7. The summed E-state index contributed by atoms with van der Waals surface area (Å²) in [5, 5.41) is 0. The maximum Gasteiger partial charge on any atom is 0.265 e. The van der Waals surface area contributed by atoms with E-state index in [1.54, 1.807) is 26.0 Å². The van der Waals surface area contributed by atoms with Gasteiger partial charge in [0.05, 0.1) is 6.26 Å². The summed E-state index contributed by atoms with van der Waals surface area (Å²) in [5.41, 5.74) is -1.81. The molecule has 0 N–H and O–H groups in total. The van der Waals surface area contributed by atoms with Gasteiger partial charge in [0.25, 0.3) is 10.1 Å². The zero-order valence-corrected chi connectivity index (χ0v) is 10.2. The highest BCUT2D eigenvalue weighted by atomic mass is 32.2. The SMILES string of the molecule is C[C@]12C=C[C@H](OS(C)(=O)=O)[C@](C)(CC1=O)O2. The second-order valence-corrected chi connectivity index (χ2v) is 6.30. The van der Waals surface area contributed by atoms with Gasteiger partial charge >= 0.3 is 0 Å². The van der Waals surface area contributed by atoms with E-state index in [-0.39, 0.29) is 12.2 Å². The first kappa shape index (κ1) is 11.8. The van der Waals surface area contributed by atoms with Crippen LogP contribution in [0.2, 0.25) is 0 Å². The van der Waals surface area contributed by atoms with Gasteiger partial charge in [-0.15, -0.1) is 0 Å². The van der Waals surface area contributed by atoms with Crippen molar-refractivity contribution in [1.29, 1.82) is 0 Å². The predicted octanol–water partition coefficient (Wildman–Crippen LogP) is 0.408. The van der Waals surface area contributed by atoms with Crippen LogP contribution in [-0.4, -0.2) is 37.8 Å². The molecule has 0 saturated carbocycles. The van der Waals surface area contributed by atoms with Gasteiger partial charge in [-0.25, -0.2) is 0 Å². The van der Waals surface area contributed by atoms with Crippen molar-refractivity contribution < 1.29 is 22.1 Å². The third-order valence-electron chi connectivity index (χ3n) is 2.98. The van der Waals surface area contributed by atoms with Gasteiger partial charge in [0.2, 0.25) is 0 Å². The van der Waals surface area contributed by atoms with Crippen LogP contribution in [0.4, 0.5) is 0 Å². The van der Waals surface area contributed by atoms with E-state index in [0.717, 1.165) is 6.26 Å². The molecule has 0 aromatic rings. The van der Waals surface area contributed by atoms with Crippen LogP contribution in [-0.2, 0) is 23.8 Å². The summed E-state index contributed by atoms with van der Waals surface area (Å²) in [4.78, 5) is 11.7. The predicted molar refractivity (Wildman–Crippen MR) is 56.4 cm³/mol. The van der Waals surface area contributed by atoms with E-state index in [1.165, 1.54) is 0 Å². The number of carbonyl (C=O) groups is 1. The van der Waals surface area contributed by atoms with Crippen molar-refractivity contribution in [2.24, 2.45) is 0 Å². The fourth-order valence-corrected chi connectivity index (χ4v) is 2.80. The normalized spacial score (nSPS) is 42.7. The van der Waals surface area contributed by atoms with E-state index in [0.29, 0.717) is 0 Å². The van der Waals surface area contributed by atoms with E-state index >= 15 is 0 Å². The van der Waals surface area contributed by atoms with E-state index in [4.69, 9.17) is 8.92 Å². The Morgan fingerprint density at radius 2 is 2.12 bits per heavy atom.